The molecule has 0 unspecified atom stereocenters. The summed E-state index contributed by atoms with van der Waals surface area (Å²) < 4.78 is 6.72. The number of hydrogen-bond donors (Lipinski definition) is 2. The van der Waals surface area contributed by atoms with Crippen molar-refractivity contribution in [3.05, 3.63) is 60.0 Å². The number of hydrogen-bond acceptors (Lipinski definition) is 6. The van der Waals surface area contributed by atoms with E-state index in [9.17, 15) is 14.4 Å². The smallest absolute Gasteiger partial charge is 0.325 e. The fourth-order valence-corrected chi connectivity index (χ4v) is 3.22. The molecule has 1 aliphatic heterocycles. The van der Waals surface area contributed by atoms with Crippen LogP contribution < -0.4 is 10.6 Å². The molecule has 4 rings (SSSR count). The molecule has 3 aromatic rings. The van der Waals surface area contributed by atoms with Gasteiger partial charge in [-0.15, -0.1) is 0 Å². The lowest BCUT2D eigenvalue weighted by Gasteiger charge is -2.19. The van der Waals surface area contributed by atoms with E-state index in [1.165, 1.54) is 36.6 Å². The highest BCUT2D eigenvalue weighted by molar-refractivity contribution is 6.31. The predicted molar refractivity (Wildman–Crippen MR) is 101 cm³/mol. The first-order valence-electron chi connectivity index (χ1n) is 8.51. The van der Waals surface area contributed by atoms with Gasteiger partial charge in [0, 0.05) is 5.02 Å². The van der Waals surface area contributed by atoms with Gasteiger partial charge in [0.25, 0.3) is 5.91 Å². The average molecular weight is 415 g/mol. The molecule has 0 saturated carbocycles. The SMILES string of the molecule is C[C@@]1(c2ccco2)NC(=O)N(CC(=O)Nc2cc(Cl)ccc2-n2cncn2)C1=O. The van der Waals surface area contributed by atoms with E-state index >= 15 is 0 Å². The Kier molecular flexibility index (Phi) is 4.55. The summed E-state index contributed by atoms with van der Waals surface area (Å²) in [5.41, 5.74) is -0.491. The first-order valence-corrected chi connectivity index (χ1v) is 8.89. The van der Waals surface area contributed by atoms with Crippen molar-refractivity contribution in [2.24, 2.45) is 0 Å². The molecule has 4 amide bonds. The van der Waals surface area contributed by atoms with Gasteiger partial charge in [0.05, 0.1) is 17.6 Å². The van der Waals surface area contributed by atoms with Gasteiger partial charge in [-0.25, -0.2) is 14.5 Å². The number of amides is 4. The van der Waals surface area contributed by atoms with E-state index in [1.54, 1.807) is 24.3 Å². The predicted octanol–water partition coefficient (Wildman–Crippen LogP) is 1.92. The second-order valence-corrected chi connectivity index (χ2v) is 6.91. The van der Waals surface area contributed by atoms with Crippen LogP contribution in [0, 0.1) is 0 Å². The average Bonchev–Trinajstić information content (AvgIpc) is 3.42. The largest absolute Gasteiger partial charge is 0.466 e. The number of nitrogens with zero attached hydrogens (tertiary/aromatic N) is 4. The fourth-order valence-electron chi connectivity index (χ4n) is 3.04. The first-order chi connectivity index (χ1) is 13.9. The van der Waals surface area contributed by atoms with Gasteiger partial charge >= 0.3 is 6.03 Å². The third kappa shape index (κ3) is 3.34. The summed E-state index contributed by atoms with van der Waals surface area (Å²) >= 11 is 6.04. The molecular formula is C18H15ClN6O4. The van der Waals surface area contributed by atoms with Crippen LogP contribution in [-0.4, -0.2) is 44.1 Å². The molecule has 0 radical (unpaired) electrons. The highest BCUT2D eigenvalue weighted by atomic mass is 35.5. The molecule has 1 aliphatic rings. The van der Waals surface area contributed by atoms with Crippen molar-refractivity contribution < 1.29 is 18.8 Å². The second kappa shape index (κ2) is 7.06. The number of imide groups is 1. The van der Waals surface area contributed by atoms with E-state index in [-0.39, 0.29) is 5.76 Å². The molecule has 10 nitrogen and oxygen atoms in total. The van der Waals surface area contributed by atoms with Gasteiger partial charge < -0.3 is 15.1 Å². The molecule has 1 atom stereocenters. The molecule has 29 heavy (non-hydrogen) atoms. The van der Waals surface area contributed by atoms with Crippen molar-refractivity contribution in [1.29, 1.82) is 0 Å². The topological polar surface area (TPSA) is 122 Å². The van der Waals surface area contributed by atoms with Crippen LogP contribution in [0.4, 0.5) is 10.5 Å². The molecule has 1 fully saturated rings. The van der Waals surface area contributed by atoms with E-state index in [2.05, 4.69) is 20.7 Å². The quantitative estimate of drug-likeness (QED) is 0.615. The maximum absolute atomic E-state index is 12.8. The number of furan rings is 1. The third-order valence-corrected chi connectivity index (χ3v) is 4.72. The van der Waals surface area contributed by atoms with Gasteiger partial charge in [0.15, 0.2) is 5.54 Å². The zero-order valence-electron chi connectivity index (χ0n) is 15.1. The lowest BCUT2D eigenvalue weighted by molar-refractivity contribution is -0.134. The van der Waals surface area contributed by atoms with Crippen molar-refractivity contribution in [3.8, 4) is 5.69 Å². The normalized spacial score (nSPS) is 18.8. The molecule has 2 N–H and O–H groups in total. The van der Waals surface area contributed by atoms with Crippen molar-refractivity contribution >= 4 is 35.1 Å². The zero-order valence-corrected chi connectivity index (χ0v) is 15.9. The summed E-state index contributed by atoms with van der Waals surface area (Å²) in [5.74, 6) is -0.891. The molecule has 11 heteroatoms. The van der Waals surface area contributed by atoms with Crippen LogP contribution in [0.5, 0.6) is 0 Å². The summed E-state index contributed by atoms with van der Waals surface area (Å²) in [6.07, 6.45) is 4.22. The number of carbonyl (C=O) groups is 3. The highest BCUT2D eigenvalue weighted by Crippen LogP contribution is 2.29. The Morgan fingerprint density at radius 1 is 1.34 bits per heavy atom. The van der Waals surface area contributed by atoms with Crippen LogP contribution in [0.25, 0.3) is 5.69 Å². The van der Waals surface area contributed by atoms with Gasteiger partial charge in [0.1, 0.15) is 25.0 Å². The Labute approximate surface area is 169 Å². The standard InChI is InChI=1S/C18H15ClN6O4/c1-18(14-3-2-6-29-14)16(27)24(17(28)23-18)8-15(26)22-12-7-11(19)4-5-13(12)25-10-20-9-21-25/h2-7,9-10H,8H2,1H3,(H,22,26)(H,23,28)/t18-/m0/s1. The van der Waals surface area contributed by atoms with E-state index in [0.29, 0.717) is 16.4 Å². The molecule has 1 saturated heterocycles. The summed E-state index contributed by atoms with van der Waals surface area (Å²) in [7, 11) is 0. The number of anilines is 1. The highest BCUT2D eigenvalue weighted by Gasteiger charge is 2.51. The zero-order chi connectivity index (χ0) is 20.6. The summed E-state index contributed by atoms with van der Waals surface area (Å²) in [4.78, 5) is 42.4. The minimum atomic E-state index is -1.37. The van der Waals surface area contributed by atoms with Gasteiger partial charge in [-0.3, -0.25) is 14.5 Å². The summed E-state index contributed by atoms with van der Waals surface area (Å²) in [6.45, 7) is 1.04. The molecule has 148 valence electrons. The van der Waals surface area contributed by atoms with Gasteiger partial charge in [-0.1, -0.05) is 11.6 Å². The van der Waals surface area contributed by atoms with Crippen LogP contribution in [0.2, 0.25) is 5.02 Å². The third-order valence-electron chi connectivity index (χ3n) is 4.49. The van der Waals surface area contributed by atoms with Crippen LogP contribution in [0.1, 0.15) is 12.7 Å². The number of urea groups is 1. The molecular weight excluding hydrogens is 400 g/mol. The molecule has 0 bridgehead atoms. The number of aromatic nitrogens is 3. The van der Waals surface area contributed by atoms with Crippen molar-refractivity contribution in [3.63, 3.8) is 0 Å². The Morgan fingerprint density at radius 2 is 2.17 bits per heavy atom. The summed E-state index contributed by atoms with van der Waals surface area (Å²) in [5, 5.41) is 9.65. The Morgan fingerprint density at radius 3 is 2.86 bits per heavy atom. The lowest BCUT2D eigenvalue weighted by atomic mass is 9.99. The van der Waals surface area contributed by atoms with E-state index in [1.807, 2.05) is 0 Å². The Bertz CT molecular complexity index is 1080. The lowest BCUT2D eigenvalue weighted by Crippen LogP contribution is -2.41. The molecule has 0 spiro atoms. The minimum Gasteiger partial charge on any atom is -0.466 e. The monoisotopic (exact) mass is 414 g/mol. The minimum absolute atomic E-state index is 0.280. The number of benzene rings is 1. The number of nitrogens with one attached hydrogen (secondary N) is 2. The molecule has 3 heterocycles. The van der Waals surface area contributed by atoms with E-state index < -0.39 is 29.9 Å². The van der Waals surface area contributed by atoms with Crippen molar-refractivity contribution in [2.75, 3.05) is 11.9 Å². The van der Waals surface area contributed by atoms with Gasteiger partial charge in [-0.2, -0.15) is 5.10 Å². The van der Waals surface area contributed by atoms with Crippen molar-refractivity contribution in [2.45, 2.75) is 12.5 Å². The molecule has 0 aliphatic carbocycles. The van der Waals surface area contributed by atoms with Gasteiger partial charge in [-0.05, 0) is 37.3 Å². The fraction of sp³-hybridized carbons (Fsp3) is 0.167. The van der Waals surface area contributed by atoms with Crippen LogP contribution >= 0.6 is 11.6 Å². The maximum Gasteiger partial charge on any atom is 0.325 e. The number of halogens is 1. The summed E-state index contributed by atoms with van der Waals surface area (Å²) in [6, 6.07) is 7.34. The Hall–Kier alpha value is -3.66. The number of carbonyl (C=O) groups excluding carboxylic acids is 3. The van der Waals surface area contributed by atoms with Crippen LogP contribution in [0.3, 0.4) is 0 Å². The second-order valence-electron chi connectivity index (χ2n) is 6.47. The van der Waals surface area contributed by atoms with E-state index in [4.69, 9.17) is 16.0 Å². The molecule has 1 aromatic carbocycles. The van der Waals surface area contributed by atoms with E-state index in [0.717, 1.165) is 4.90 Å². The van der Waals surface area contributed by atoms with Crippen molar-refractivity contribution in [1.82, 2.24) is 25.0 Å². The van der Waals surface area contributed by atoms with Crippen LogP contribution in [0.15, 0.2) is 53.7 Å². The first kappa shape index (κ1) is 18.7. The molecule has 2 aromatic heterocycles. The Balaban J connectivity index is 1.53. The van der Waals surface area contributed by atoms with Gasteiger partial charge in [0.2, 0.25) is 5.91 Å². The van der Waals surface area contributed by atoms with Crippen LogP contribution in [-0.2, 0) is 15.1 Å². The number of rotatable bonds is 5. The maximum atomic E-state index is 12.8.